The van der Waals surface area contributed by atoms with Crippen LogP contribution in [-0.4, -0.2) is 5.78 Å². The van der Waals surface area contributed by atoms with Crippen molar-refractivity contribution in [3.05, 3.63) is 59.7 Å². The molecule has 0 aromatic heterocycles. The monoisotopic (exact) mass is 256 g/mol. The second-order valence-electron chi connectivity index (χ2n) is 4.17. The lowest BCUT2D eigenvalue weighted by Crippen LogP contribution is -1.95. The number of hydrogen-bond donors (Lipinski definition) is 0. The van der Waals surface area contributed by atoms with Crippen molar-refractivity contribution in [3.8, 4) is 0 Å². The first-order valence-corrected chi connectivity index (χ1v) is 6.89. The van der Waals surface area contributed by atoms with Crippen molar-refractivity contribution in [2.45, 2.75) is 30.1 Å². The summed E-state index contributed by atoms with van der Waals surface area (Å²) in [4.78, 5) is 14.0. The molecule has 0 heterocycles. The van der Waals surface area contributed by atoms with Crippen LogP contribution in [-0.2, 0) is 0 Å². The Morgan fingerprint density at radius 1 is 1.06 bits per heavy atom. The fourth-order valence-corrected chi connectivity index (χ4v) is 2.61. The fourth-order valence-electron chi connectivity index (χ4n) is 1.71. The standard InChI is InChI=1S/C16H16OS/c1-3-15(17)13-8-10-14(11-9-13)18-16-7-5-4-6-12(16)2/h4-11H,3H2,1-2H3. The highest BCUT2D eigenvalue weighted by Gasteiger charge is 2.04. The topological polar surface area (TPSA) is 17.1 Å². The van der Waals surface area contributed by atoms with Crippen molar-refractivity contribution >= 4 is 17.5 Å². The first-order chi connectivity index (χ1) is 8.70. The average Bonchev–Trinajstić information content (AvgIpc) is 2.41. The maximum absolute atomic E-state index is 11.5. The second-order valence-corrected chi connectivity index (χ2v) is 5.28. The van der Waals surface area contributed by atoms with Crippen LogP contribution in [0.25, 0.3) is 0 Å². The van der Waals surface area contributed by atoms with Crippen LogP contribution in [0.4, 0.5) is 0 Å². The molecule has 92 valence electrons. The molecule has 2 rings (SSSR count). The van der Waals surface area contributed by atoms with E-state index >= 15 is 0 Å². The van der Waals surface area contributed by atoms with E-state index in [1.165, 1.54) is 10.5 Å². The molecule has 1 nitrogen and oxygen atoms in total. The van der Waals surface area contributed by atoms with Gasteiger partial charge in [0.25, 0.3) is 0 Å². The third-order valence-corrected chi connectivity index (χ3v) is 4.00. The molecule has 0 radical (unpaired) electrons. The SMILES string of the molecule is CCC(=O)c1ccc(Sc2ccccc2C)cc1. The van der Waals surface area contributed by atoms with Crippen molar-refractivity contribution in [1.82, 2.24) is 0 Å². The van der Waals surface area contributed by atoms with Gasteiger partial charge in [0, 0.05) is 21.8 Å². The van der Waals surface area contributed by atoms with E-state index in [2.05, 4.69) is 19.1 Å². The van der Waals surface area contributed by atoms with Crippen LogP contribution in [0.1, 0.15) is 29.3 Å². The van der Waals surface area contributed by atoms with Gasteiger partial charge in [-0.1, -0.05) is 49.0 Å². The number of carbonyl (C=O) groups is 1. The largest absolute Gasteiger partial charge is 0.294 e. The van der Waals surface area contributed by atoms with Gasteiger partial charge in [-0.05, 0) is 30.7 Å². The summed E-state index contributed by atoms with van der Waals surface area (Å²) >= 11 is 1.73. The average molecular weight is 256 g/mol. The zero-order valence-corrected chi connectivity index (χ0v) is 11.5. The van der Waals surface area contributed by atoms with Gasteiger partial charge in [-0.3, -0.25) is 4.79 Å². The Hall–Kier alpha value is -1.54. The molecule has 0 atom stereocenters. The number of hydrogen-bond acceptors (Lipinski definition) is 2. The van der Waals surface area contributed by atoms with Crippen LogP contribution in [0.3, 0.4) is 0 Å². The highest BCUT2D eigenvalue weighted by atomic mass is 32.2. The summed E-state index contributed by atoms with van der Waals surface area (Å²) in [5.74, 6) is 0.197. The Morgan fingerprint density at radius 3 is 2.33 bits per heavy atom. The first kappa shape index (κ1) is 12.9. The van der Waals surface area contributed by atoms with Gasteiger partial charge < -0.3 is 0 Å². The summed E-state index contributed by atoms with van der Waals surface area (Å²) in [7, 11) is 0. The van der Waals surface area contributed by atoms with Gasteiger partial charge in [-0.25, -0.2) is 0 Å². The van der Waals surface area contributed by atoms with E-state index in [1.807, 2.05) is 43.3 Å². The number of carbonyl (C=O) groups excluding carboxylic acids is 1. The zero-order valence-electron chi connectivity index (χ0n) is 10.6. The van der Waals surface area contributed by atoms with Gasteiger partial charge in [-0.2, -0.15) is 0 Å². The quantitative estimate of drug-likeness (QED) is 0.735. The predicted molar refractivity (Wildman–Crippen MR) is 76.4 cm³/mol. The molecule has 18 heavy (non-hydrogen) atoms. The van der Waals surface area contributed by atoms with E-state index < -0.39 is 0 Å². The zero-order chi connectivity index (χ0) is 13.0. The van der Waals surface area contributed by atoms with Crippen LogP contribution in [0.2, 0.25) is 0 Å². The van der Waals surface area contributed by atoms with Crippen LogP contribution < -0.4 is 0 Å². The van der Waals surface area contributed by atoms with Gasteiger partial charge in [0.2, 0.25) is 0 Å². The third kappa shape index (κ3) is 3.02. The Morgan fingerprint density at radius 2 is 1.72 bits per heavy atom. The molecule has 0 spiro atoms. The molecule has 0 unspecified atom stereocenters. The molecule has 2 heteroatoms. The molecular weight excluding hydrogens is 240 g/mol. The lowest BCUT2D eigenvalue weighted by Gasteiger charge is -2.05. The molecule has 0 saturated carbocycles. The number of Topliss-reactive ketones (excluding diaryl/α,β-unsaturated/α-hetero) is 1. The summed E-state index contributed by atoms with van der Waals surface area (Å²) in [5, 5.41) is 0. The summed E-state index contributed by atoms with van der Waals surface area (Å²) < 4.78 is 0. The van der Waals surface area contributed by atoms with E-state index in [0.29, 0.717) is 6.42 Å². The Bertz CT molecular complexity index is 543. The van der Waals surface area contributed by atoms with Gasteiger partial charge in [-0.15, -0.1) is 0 Å². The number of benzene rings is 2. The highest BCUT2D eigenvalue weighted by molar-refractivity contribution is 7.99. The normalized spacial score (nSPS) is 10.3. The molecule has 2 aromatic carbocycles. The summed E-state index contributed by atoms with van der Waals surface area (Å²) in [6.07, 6.45) is 0.560. The maximum Gasteiger partial charge on any atom is 0.162 e. The molecule has 0 bridgehead atoms. The molecule has 0 aliphatic rings. The summed E-state index contributed by atoms with van der Waals surface area (Å²) in [6, 6.07) is 16.2. The molecule has 0 saturated heterocycles. The van der Waals surface area contributed by atoms with Crippen molar-refractivity contribution in [2.75, 3.05) is 0 Å². The first-order valence-electron chi connectivity index (χ1n) is 6.07. The Balaban J connectivity index is 2.16. The van der Waals surface area contributed by atoms with Gasteiger partial charge in [0.15, 0.2) is 5.78 Å². The lowest BCUT2D eigenvalue weighted by atomic mass is 10.1. The number of ketones is 1. The fraction of sp³-hybridized carbons (Fsp3) is 0.188. The Kier molecular flexibility index (Phi) is 4.21. The molecule has 0 amide bonds. The van der Waals surface area contributed by atoms with Crippen molar-refractivity contribution < 1.29 is 4.79 Å². The molecule has 0 fully saturated rings. The van der Waals surface area contributed by atoms with Crippen molar-refractivity contribution in [3.63, 3.8) is 0 Å². The van der Waals surface area contributed by atoms with E-state index in [9.17, 15) is 4.79 Å². The molecule has 0 N–H and O–H groups in total. The number of aryl methyl sites for hydroxylation is 1. The predicted octanol–water partition coefficient (Wildman–Crippen LogP) is 4.74. The van der Waals surface area contributed by atoms with E-state index in [1.54, 1.807) is 11.8 Å². The molecular formula is C16H16OS. The lowest BCUT2D eigenvalue weighted by molar-refractivity contribution is 0.0988. The van der Waals surface area contributed by atoms with Gasteiger partial charge in [0.05, 0.1) is 0 Å². The van der Waals surface area contributed by atoms with Gasteiger partial charge >= 0.3 is 0 Å². The van der Waals surface area contributed by atoms with Crippen LogP contribution in [0.5, 0.6) is 0 Å². The minimum Gasteiger partial charge on any atom is -0.294 e. The second kappa shape index (κ2) is 5.87. The maximum atomic E-state index is 11.5. The summed E-state index contributed by atoms with van der Waals surface area (Å²) in [6.45, 7) is 4.00. The highest BCUT2D eigenvalue weighted by Crippen LogP contribution is 2.30. The van der Waals surface area contributed by atoms with Crippen LogP contribution in [0, 0.1) is 6.92 Å². The van der Waals surface area contributed by atoms with Crippen molar-refractivity contribution in [2.24, 2.45) is 0 Å². The Labute approximate surface area is 112 Å². The third-order valence-electron chi connectivity index (χ3n) is 2.82. The van der Waals surface area contributed by atoms with Gasteiger partial charge in [0.1, 0.15) is 0 Å². The molecule has 2 aromatic rings. The summed E-state index contributed by atoms with van der Waals surface area (Å²) in [5.41, 5.74) is 2.07. The number of rotatable bonds is 4. The van der Waals surface area contributed by atoms with E-state index in [4.69, 9.17) is 0 Å². The van der Waals surface area contributed by atoms with Crippen molar-refractivity contribution in [1.29, 1.82) is 0 Å². The van der Waals surface area contributed by atoms with Crippen LogP contribution in [0.15, 0.2) is 58.3 Å². The molecule has 0 aliphatic carbocycles. The van der Waals surface area contributed by atoms with E-state index in [-0.39, 0.29) is 5.78 Å². The minimum atomic E-state index is 0.197. The van der Waals surface area contributed by atoms with E-state index in [0.717, 1.165) is 10.5 Å². The smallest absolute Gasteiger partial charge is 0.162 e. The minimum absolute atomic E-state index is 0.197. The van der Waals surface area contributed by atoms with Crippen LogP contribution >= 0.6 is 11.8 Å². The molecule has 0 aliphatic heterocycles.